The first-order chi connectivity index (χ1) is 19.1. The van der Waals surface area contributed by atoms with Gasteiger partial charge in [0.2, 0.25) is 11.8 Å². The van der Waals surface area contributed by atoms with Crippen molar-refractivity contribution in [2.45, 2.75) is 30.7 Å². The Labute approximate surface area is 235 Å². The van der Waals surface area contributed by atoms with Gasteiger partial charge in [-0.15, -0.1) is 21.5 Å². The molecule has 1 amide bonds. The lowest BCUT2D eigenvalue weighted by molar-refractivity contribution is 0.0546. The van der Waals surface area contributed by atoms with Gasteiger partial charge in [0.25, 0.3) is 5.91 Å². The van der Waals surface area contributed by atoms with Crippen molar-refractivity contribution in [2.75, 3.05) is 19.3 Å². The Hall–Kier alpha value is -3.12. The van der Waals surface area contributed by atoms with Crippen molar-refractivity contribution >= 4 is 48.6 Å². The smallest absolute Gasteiger partial charge is 0.253 e. The molecule has 16 heteroatoms. The quantitative estimate of drug-likeness (QED) is 0.185. The fourth-order valence-corrected chi connectivity index (χ4v) is 7.12. The first kappa shape index (κ1) is 28.4. The van der Waals surface area contributed by atoms with Crippen molar-refractivity contribution in [3.05, 3.63) is 64.8 Å². The minimum Gasteiger partial charge on any atom is -0.759 e. The van der Waals surface area contributed by atoms with E-state index >= 15 is 0 Å². The number of thiazole rings is 1. The van der Waals surface area contributed by atoms with Gasteiger partial charge in [-0.2, -0.15) is 4.83 Å². The van der Waals surface area contributed by atoms with Crippen LogP contribution in [0.2, 0.25) is 0 Å². The molecule has 13 nitrogen and oxygen atoms in total. The predicted octanol–water partition coefficient (Wildman–Crippen LogP) is 1.47. The third-order valence-electron chi connectivity index (χ3n) is 6.35. The number of piperidine rings is 1. The summed E-state index contributed by atoms with van der Waals surface area (Å²) in [5.74, 6) is -0.282. The van der Waals surface area contributed by atoms with Crippen molar-refractivity contribution in [3.63, 3.8) is 0 Å². The van der Waals surface area contributed by atoms with Gasteiger partial charge in [-0.25, -0.2) is 18.8 Å². The van der Waals surface area contributed by atoms with E-state index in [2.05, 4.69) is 20.6 Å². The molecule has 0 spiro atoms. The summed E-state index contributed by atoms with van der Waals surface area (Å²) in [5.41, 5.74) is 5.14. The summed E-state index contributed by atoms with van der Waals surface area (Å²) < 4.78 is 52.9. The van der Waals surface area contributed by atoms with Crippen molar-refractivity contribution in [2.24, 2.45) is 0 Å². The van der Waals surface area contributed by atoms with Crippen molar-refractivity contribution in [1.82, 2.24) is 30.3 Å². The number of benzene rings is 2. The van der Waals surface area contributed by atoms with Gasteiger partial charge in [0.1, 0.15) is 5.01 Å². The van der Waals surface area contributed by atoms with E-state index in [1.807, 2.05) is 35.2 Å². The van der Waals surface area contributed by atoms with E-state index in [0.29, 0.717) is 37.0 Å². The highest BCUT2D eigenvalue weighted by molar-refractivity contribution is 7.91. The molecule has 2 atom stereocenters. The number of rotatable bonds is 9. The molecule has 40 heavy (non-hydrogen) atoms. The summed E-state index contributed by atoms with van der Waals surface area (Å²) in [6.45, 7) is 0.872. The highest BCUT2D eigenvalue weighted by Gasteiger charge is 2.34. The molecule has 4 aromatic rings. The third-order valence-corrected chi connectivity index (χ3v) is 9.18. The highest BCUT2D eigenvalue weighted by Crippen LogP contribution is 2.36. The first-order valence-corrected chi connectivity index (χ1v) is 16.0. The van der Waals surface area contributed by atoms with E-state index in [4.69, 9.17) is 4.42 Å². The predicted molar refractivity (Wildman–Crippen MR) is 146 cm³/mol. The van der Waals surface area contributed by atoms with E-state index in [9.17, 15) is 27.1 Å². The van der Waals surface area contributed by atoms with E-state index in [1.165, 1.54) is 11.3 Å². The lowest BCUT2D eigenvalue weighted by Gasteiger charge is -2.29. The van der Waals surface area contributed by atoms with Gasteiger partial charge in [-0.3, -0.25) is 9.00 Å². The zero-order chi connectivity index (χ0) is 28.4. The maximum Gasteiger partial charge on any atom is 0.253 e. The molecule has 0 bridgehead atoms. The molecule has 3 N–H and O–H groups in total. The minimum absolute atomic E-state index is 0.0137. The average molecular weight is 606 g/mol. The first-order valence-electron chi connectivity index (χ1n) is 12.2. The van der Waals surface area contributed by atoms with Gasteiger partial charge in [-0.1, -0.05) is 18.2 Å². The Balaban J connectivity index is 1.41. The number of sulfone groups is 1. The number of aromatic nitrogens is 3. The lowest BCUT2D eigenvalue weighted by Crippen LogP contribution is -2.40. The summed E-state index contributed by atoms with van der Waals surface area (Å²) in [6, 6.07) is 12.8. The second-order valence-corrected chi connectivity index (χ2v) is 13.1. The van der Waals surface area contributed by atoms with Crippen LogP contribution in [0.4, 0.5) is 0 Å². The number of carbonyl (C=O) groups is 1. The molecule has 5 rings (SSSR count). The molecule has 3 heterocycles. The molecular formula is C24H25N6O7S3-. The maximum atomic E-state index is 13.0. The standard InChI is InChI=1S/C24H26N6O7S3/c1-40(35,36)21(22-28-27-20(37-22)13-25-29-39(33)34)23-26-18-6-5-15(12-19(18)38-23)14-3-2-4-16(11-14)24(32)30-9-7-17(31)8-10-30/h2-6,11-12,17,21,25,29,31H,7-10,13H2,1H3,(H,33,34)/p-1. The molecule has 2 unspecified atom stereocenters. The Kier molecular flexibility index (Phi) is 8.37. The van der Waals surface area contributed by atoms with Crippen LogP contribution >= 0.6 is 11.3 Å². The number of likely N-dealkylation sites (tertiary alicyclic amines) is 1. The Morgan fingerprint density at radius 2 is 1.98 bits per heavy atom. The Bertz CT molecular complexity index is 1660. The molecule has 2 aromatic carbocycles. The summed E-state index contributed by atoms with van der Waals surface area (Å²) in [5, 5.41) is 16.3. The minimum atomic E-state index is -3.77. The Morgan fingerprint density at radius 1 is 1.23 bits per heavy atom. The van der Waals surface area contributed by atoms with Crippen LogP contribution in [0.5, 0.6) is 0 Å². The third kappa shape index (κ3) is 6.43. The van der Waals surface area contributed by atoms with E-state index in [1.54, 1.807) is 17.0 Å². The summed E-state index contributed by atoms with van der Waals surface area (Å²) in [6.07, 6.45) is 1.80. The van der Waals surface area contributed by atoms with Crippen LogP contribution in [-0.2, 0) is 27.6 Å². The number of carbonyl (C=O) groups excluding carboxylic acids is 1. The summed E-state index contributed by atoms with van der Waals surface area (Å²) in [7, 11) is -3.77. The number of aliphatic hydroxyl groups excluding tert-OH is 1. The number of hydrogen-bond acceptors (Lipinski definition) is 12. The molecule has 1 aliphatic heterocycles. The highest BCUT2D eigenvalue weighted by atomic mass is 32.2. The summed E-state index contributed by atoms with van der Waals surface area (Å²) in [4.78, 5) is 21.2. The number of nitrogens with zero attached hydrogens (tertiary/aromatic N) is 4. The second-order valence-electron chi connectivity index (χ2n) is 9.27. The number of amides is 1. The van der Waals surface area contributed by atoms with Crippen LogP contribution < -0.4 is 10.3 Å². The van der Waals surface area contributed by atoms with Gasteiger partial charge in [0, 0.05) is 36.2 Å². The number of fused-ring (bicyclic) bond motifs is 1. The molecule has 2 aromatic heterocycles. The molecule has 1 fully saturated rings. The van der Waals surface area contributed by atoms with Crippen molar-refractivity contribution in [3.8, 4) is 11.1 Å². The number of hydrogen-bond donors (Lipinski definition) is 3. The van der Waals surface area contributed by atoms with Crippen LogP contribution in [0.1, 0.15) is 45.2 Å². The lowest BCUT2D eigenvalue weighted by atomic mass is 10.0. The molecule has 0 aliphatic carbocycles. The normalized spacial score (nSPS) is 16.3. The fourth-order valence-electron chi connectivity index (χ4n) is 4.40. The molecule has 1 saturated heterocycles. The van der Waals surface area contributed by atoms with Crippen LogP contribution in [-0.4, -0.2) is 73.7 Å². The molecule has 0 radical (unpaired) electrons. The van der Waals surface area contributed by atoms with E-state index in [-0.39, 0.29) is 35.3 Å². The fraction of sp³-hybridized carbons (Fsp3) is 0.333. The van der Waals surface area contributed by atoms with Gasteiger partial charge >= 0.3 is 0 Å². The van der Waals surface area contributed by atoms with Gasteiger partial charge in [0.05, 0.1) is 22.9 Å². The average Bonchev–Trinajstić information content (AvgIpc) is 3.54. The van der Waals surface area contributed by atoms with Crippen LogP contribution in [0, 0.1) is 0 Å². The van der Waals surface area contributed by atoms with Gasteiger partial charge < -0.3 is 19.0 Å². The van der Waals surface area contributed by atoms with Crippen LogP contribution in [0.3, 0.4) is 0 Å². The van der Waals surface area contributed by atoms with Crippen molar-refractivity contribution < 1.29 is 31.5 Å². The zero-order valence-corrected chi connectivity index (χ0v) is 23.6. The molecule has 0 saturated carbocycles. The zero-order valence-electron chi connectivity index (χ0n) is 21.1. The van der Waals surface area contributed by atoms with Crippen LogP contribution in [0.25, 0.3) is 21.3 Å². The van der Waals surface area contributed by atoms with Crippen molar-refractivity contribution in [1.29, 1.82) is 0 Å². The van der Waals surface area contributed by atoms with Gasteiger partial charge in [-0.05, 0) is 48.2 Å². The van der Waals surface area contributed by atoms with Crippen LogP contribution in [0.15, 0.2) is 46.9 Å². The largest absolute Gasteiger partial charge is 0.759 e. The van der Waals surface area contributed by atoms with E-state index < -0.39 is 26.4 Å². The molecule has 212 valence electrons. The number of nitrogens with one attached hydrogen (secondary N) is 2. The topological polar surface area (TPSA) is 191 Å². The molecular weight excluding hydrogens is 581 g/mol. The Morgan fingerprint density at radius 3 is 2.70 bits per heavy atom. The molecule has 1 aliphatic rings. The van der Waals surface area contributed by atoms with E-state index in [0.717, 1.165) is 22.1 Å². The van der Waals surface area contributed by atoms with Gasteiger partial charge in [0.15, 0.2) is 15.1 Å². The second kappa shape index (κ2) is 11.8. The maximum absolute atomic E-state index is 13.0. The number of hydrazine groups is 1. The SMILES string of the molecule is CS(=O)(=O)C(c1nnc(CNNS(=O)[O-])o1)c1nc2ccc(-c3cccc(C(=O)N4CCC(O)CC4)c3)cc2s1. The number of aliphatic hydroxyl groups is 1. The monoisotopic (exact) mass is 605 g/mol. The summed E-state index contributed by atoms with van der Waals surface area (Å²) >= 11 is -1.37.